The molecule has 0 aliphatic heterocycles. The number of carbonyl (C=O) groups excluding carboxylic acids is 1. The largest absolute Gasteiger partial charge is 0.459 e. The molecule has 1 aromatic rings. The maximum absolute atomic E-state index is 11.7. The van der Waals surface area contributed by atoms with Gasteiger partial charge in [0.1, 0.15) is 6.10 Å². The molecule has 3 heteroatoms. The monoisotopic (exact) mass is 259 g/mol. The third kappa shape index (κ3) is 4.78. The van der Waals surface area contributed by atoms with Crippen LogP contribution in [-0.4, -0.2) is 12.1 Å². The summed E-state index contributed by atoms with van der Waals surface area (Å²) in [5.74, 6) is -0.232. The molecule has 0 atom stereocenters. The van der Waals surface area contributed by atoms with Crippen LogP contribution in [0.4, 0.5) is 0 Å². The number of carbonyl (C=O) groups is 1. The third-order valence-electron chi connectivity index (χ3n) is 3.33. The molecule has 1 saturated carbocycles. The molecule has 102 valence electrons. The summed E-state index contributed by atoms with van der Waals surface area (Å²) in [7, 11) is 0. The van der Waals surface area contributed by atoms with Gasteiger partial charge in [0.05, 0.1) is 0 Å². The number of esters is 1. The van der Waals surface area contributed by atoms with Crippen molar-refractivity contribution >= 4 is 5.97 Å². The van der Waals surface area contributed by atoms with E-state index in [1.54, 1.807) is 6.08 Å². The highest BCUT2D eigenvalue weighted by Gasteiger charge is 2.18. The van der Waals surface area contributed by atoms with Crippen molar-refractivity contribution in [3.8, 4) is 0 Å². The number of allylic oxidation sites excluding steroid dienone is 1. The minimum atomic E-state index is -0.232. The zero-order chi connectivity index (χ0) is 13.5. The normalized spacial score (nSPS) is 16.4. The van der Waals surface area contributed by atoms with Crippen LogP contribution >= 0.6 is 0 Å². The van der Waals surface area contributed by atoms with Crippen LogP contribution in [0.25, 0.3) is 0 Å². The van der Waals surface area contributed by atoms with Crippen LogP contribution in [0.1, 0.15) is 38.2 Å². The number of nitrogens with one attached hydrogen (secondary N) is 1. The van der Waals surface area contributed by atoms with Crippen molar-refractivity contribution in [1.29, 1.82) is 0 Å². The summed E-state index contributed by atoms with van der Waals surface area (Å²) in [5.41, 5.74) is 2.03. The summed E-state index contributed by atoms with van der Waals surface area (Å²) >= 11 is 0. The van der Waals surface area contributed by atoms with Gasteiger partial charge in [-0.15, -0.1) is 0 Å². The maximum atomic E-state index is 11.7. The van der Waals surface area contributed by atoms with E-state index in [4.69, 9.17) is 4.74 Å². The summed E-state index contributed by atoms with van der Waals surface area (Å²) < 4.78 is 5.38. The second-order valence-corrected chi connectivity index (χ2v) is 5.01. The first-order valence-electron chi connectivity index (χ1n) is 6.91. The van der Waals surface area contributed by atoms with E-state index in [9.17, 15) is 4.79 Å². The highest BCUT2D eigenvalue weighted by atomic mass is 16.5. The van der Waals surface area contributed by atoms with E-state index in [1.807, 2.05) is 25.1 Å². The predicted octanol–water partition coefficient (Wildman–Crippen LogP) is 3.17. The van der Waals surface area contributed by atoms with Gasteiger partial charge in [-0.05, 0) is 38.2 Å². The fourth-order valence-electron chi connectivity index (χ4n) is 2.27. The Morgan fingerprint density at radius 2 is 2.00 bits per heavy atom. The lowest BCUT2D eigenvalue weighted by molar-refractivity contribution is -0.142. The number of ether oxygens (including phenoxy) is 1. The van der Waals surface area contributed by atoms with Crippen molar-refractivity contribution in [3.63, 3.8) is 0 Å². The number of hydrogen-bond donors (Lipinski definition) is 1. The molecule has 2 rings (SSSR count). The van der Waals surface area contributed by atoms with Gasteiger partial charge in [-0.2, -0.15) is 0 Å². The van der Waals surface area contributed by atoms with Crippen molar-refractivity contribution in [1.82, 2.24) is 5.32 Å². The molecule has 0 bridgehead atoms. The van der Waals surface area contributed by atoms with Crippen molar-refractivity contribution in [2.45, 2.75) is 45.3 Å². The van der Waals surface area contributed by atoms with Crippen molar-refractivity contribution < 1.29 is 9.53 Å². The van der Waals surface area contributed by atoms with Gasteiger partial charge in [-0.1, -0.05) is 30.3 Å². The smallest absolute Gasteiger partial charge is 0.332 e. The molecular weight excluding hydrogens is 238 g/mol. The van der Waals surface area contributed by atoms with Crippen LogP contribution in [-0.2, 0) is 16.1 Å². The quantitative estimate of drug-likeness (QED) is 0.652. The second-order valence-electron chi connectivity index (χ2n) is 5.01. The van der Waals surface area contributed by atoms with Gasteiger partial charge >= 0.3 is 5.97 Å². The van der Waals surface area contributed by atoms with E-state index in [0.717, 1.165) is 25.1 Å². The van der Waals surface area contributed by atoms with Gasteiger partial charge in [0.25, 0.3) is 0 Å². The van der Waals surface area contributed by atoms with Gasteiger partial charge < -0.3 is 10.1 Å². The van der Waals surface area contributed by atoms with Crippen LogP contribution in [0.2, 0.25) is 0 Å². The summed E-state index contributed by atoms with van der Waals surface area (Å²) in [6.07, 6.45) is 6.04. The number of hydrogen-bond acceptors (Lipinski definition) is 3. The Labute approximate surface area is 114 Å². The molecule has 0 saturated heterocycles. The Morgan fingerprint density at radius 3 is 2.68 bits per heavy atom. The van der Waals surface area contributed by atoms with Gasteiger partial charge in [-0.3, -0.25) is 0 Å². The molecule has 1 N–H and O–H groups in total. The second kappa shape index (κ2) is 6.98. The molecule has 0 spiro atoms. The van der Waals surface area contributed by atoms with Crippen LogP contribution in [0.5, 0.6) is 0 Å². The molecule has 1 aliphatic carbocycles. The average Bonchev–Trinajstić information content (AvgIpc) is 2.90. The standard InChI is InChI=1S/C16H21NO2/c1-13(17-12-14-7-3-2-4-8-14)11-16(18)19-15-9-5-6-10-15/h2-4,7-8,11,15,17H,5-6,9-10,12H2,1H3/b13-11-. The summed E-state index contributed by atoms with van der Waals surface area (Å²) in [6, 6.07) is 10.1. The van der Waals surface area contributed by atoms with Crippen LogP contribution in [0.3, 0.4) is 0 Å². The lowest BCUT2D eigenvalue weighted by Gasteiger charge is -2.10. The van der Waals surface area contributed by atoms with Crippen molar-refractivity contribution in [2.75, 3.05) is 0 Å². The zero-order valence-electron chi connectivity index (χ0n) is 11.4. The van der Waals surface area contributed by atoms with E-state index >= 15 is 0 Å². The average molecular weight is 259 g/mol. The third-order valence-corrected chi connectivity index (χ3v) is 3.33. The Bertz CT molecular complexity index is 433. The fourth-order valence-corrected chi connectivity index (χ4v) is 2.27. The van der Waals surface area contributed by atoms with E-state index in [1.165, 1.54) is 18.4 Å². The molecule has 1 fully saturated rings. The summed E-state index contributed by atoms with van der Waals surface area (Å²) in [6.45, 7) is 2.61. The summed E-state index contributed by atoms with van der Waals surface area (Å²) in [4.78, 5) is 11.7. The highest BCUT2D eigenvalue weighted by Crippen LogP contribution is 2.21. The van der Waals surface area contributed by atoms with E-state index in [2.05, 4.69) is 17.4 Å². The first kappa shape index (κ1) is 13.7. The molecular formula is C16H21NO2. The van der Waals surface area contributed by atoms with Gasteiger partial charge in [0, 0.05) is 18.3 Å². The molecule has 3 nitrogen and oxygen atoms in total. The molecule has 0 unspecified atom stereocenters. The van der Waals surface area contributed by atoms with E-state index in [0.29, 0.717) is 0 Å². The lowest BCUT2D eigenvalue weighted by atomic mass is 10.2. The SMILES string of the molecule is C/C(=C/C(=O)OC1CCCC1)NCc1ccccc1. The first-order valence-corrected chi connectivity index (χ1v) is 6.91. The van der Waals surface area contributed by atoms with E-state index < -0.39 is 0 Å². The minimum absolute atomic E-state index is 0.130. The number of benzene rings is 1. The van der Waals surface area contributed by atoms with Crippen molar-refractivity contribution in [3.05, 3.63) is 47.7 Å². The Morgan fingerprint density at radius 1 is 1.32 bits per heavy atom. The summed E-state index contributed by atoms with van der Waals surface area (Å²) in [5, 5.41) is 3.21. The van der Waals surface area contributed by atoms with Gasteiger partial charge in [0.15, 0.2) is 0 Å². The Hall–Kier alpha value is -1.77. The van der Waals surface area contributed by atoms with Crippen LogP contribution in [0.15, 0.2) is 42.1 Å². The van der Waals surface area contributed by atoms with E-state index in [-0.39, 0.29) is 12.1 Å². The molecule has 1 aromatic carbocycles. The van der Waals surface area contributed by atoms with Gasteiger partial charge in [0.2, 0.25) is 0 Å². The molecule has 0 heterocycles. The Kier molecular flexibility index (Phi) is 5.01. The number of rotatable bonds is 5. The predicted molar refractivity (Wildman–Crippen MR) is 75.4 cm³/mol. The highest BCUT2D eigenvalue weighted by molar-refractivity contribution is 5.82. The molecule has 1 aliphatic rings. The molecule has 0 amide bonds. The van der Waals surface area contributed by atoms with Crippen molar-refractivity contribution in [2.24, 2.45) is 0 Å². The molecule has 19 heavy (non-hydrogen) atoms. The van der Waals surface area contributed by atoms with Crippen LogP contribution in [0, 0.1) is 0 Å². The topological polar surface area (TPSA) is 38.3 Å². The van der Waals surface area contributed by atoms with Gasteiger partial charge in [-0.25, -0.2) is 4.79 Å². The Balaban J connectivity index is 1.76. The van der Waals surface area contributed by atoms with Crippen LogP contribution < -0.4 is 5.32 Å². The molecule has 0 radical (unpaired) electrons. The zero-order valence-corrected chi connectivity index (χ0v) is 11.4. The lowest BCUT2D eigenvalue weighted by Crippen LogP contribution is -2.16. The molecule has 0 aromatic heterocycles. The first-order chi connectivity index (χ1) is 9.24. The minimum Gasteiger partial charge on any atom is -0.459 e. The maximum Gasteiger partial charge on any atom is 0.332 e. The fraction of sp³-hybridized carbons (Fsp3) is 0.438.